The molecule has 2 saturated carbocycles. The average molecular weight is 534 g/mol. The van der Waals surface area contributed by atoms with Crippen molar-refractivity contribution in [2.24, 2.45) is 22.4 Å². The van der Waals surface area contributed by atoms with E-state index in [0.717, 1.165) is 38.5 Å². The quantitative estimate of drug-likeness (QED) is 0.512. The second-order valence-electron chi connectivity index (χ2n) is 10.6. The number of carbonyl (C=O) groups excluding carboxylic acids is 1. The number of hydrogen-bond donors (Lipinski definition) is 2. The number of primary sulfonamides is 1. The van der Waals surface area contributed by atoms with E-state index in [9.17, 15) is 18.3 Å². The minimum Gasteiger partial charge on any atom is -0.504 e. The maximum Gasteiger partial charge on any atom is 0.338 e. The van der Waals surface area contributed by atoms with E-state index in [1.165, 1.54) is 29.3 Å². The molecule has 0 heterocycles. The molecule has 0 radical (unpaired) electrons. The number of sulfonamides is 1. The lowest BCUT2D eigenvalue weighted by atomic mass is 9.55. The van der Waals surface area contributed by atoms with Crippen LogP contribution in [0.1, 0.15) is 73.4 Å². The smallest absolute Gasteiger partial charge is 0.338 e. The summed E-state index contributed by atoms with van der Waals surface area (Å²) in [5.41, 5.74) is 2.46. The predicted octanol–water partition coefficient (Wildman–Crippen LogP) is 5.17. The molecule has 0 spiro atoms. The molecular formula is C27H32ClNO6S. The van der Waals surface area contributed by atoms with Crippen LogP contribution in [-0.4, -0.2) is 32.2 Å². The van der Waals surface area contributed by atoms with Crippen LogP contribution in [-0.2, 0) is 21.2 Å². The molecule has 3 aliphatic carbocycles. The lowest BCUT2D eigenvalue weighted by Gasteiger charge is -2.50. The van der Waals surface area contributed by atoms with E-state index in [1.54, 1.807) is 0 Å². The van der Waals surface area contributed by atoms with Gasteiger partial charge < -0.3 is 14.6 Å². The zero-order chi connectivity index (χ0) is 25.8. The van der Waals surface area contributed by atoms with Gasteiger partial charge in [0, 0.05) is 5.41 Å². The number of phenolic OH excluding ortho intramolecular Hbond substituents is 1. The molecule has 2 aromatic rings. The molecule has 5 rings (SSSR count). The molecule has 0 amide bonds. The van der Waals surface area contributed by atoms with Gasteiger partial charge in [-0.3, -0.25) is 0 Å². The Kier molecular flexibility index (Phi) is 6.50. The van der Waals surface area contributed by atoms with Gasteiger partial charge in [0.1, 0.15) is 11.0 Å². The molecule has 194 valence electrons. The molecule has 5 atom stereocenters. The van der Waals surface area contributed by atoms with Crippen LogP contribution in [0, 0.1) is 17.3 Å². The number of ether oxygens (including phenoxy) is 2. The van der Waals surface area contributed by atoms with E-state index >= 15 is 0 Å². The lowest BCUT2D eigenvalue weighted by molar-refractivity contribution is -0.0428. The summed E-state index contributed by atoms with van der Waals surface area (Å²) in [5, 5.41) is 15.6. The number of esters is 1. The third kappa shape index (κ3) is 4.27. The maximum atomic E-state index is 13.0. The second-order valence-corrected chi connectivity index (χ2v) is 12.5. The summed E-state index contributed by atoms with van der Waals surface area (Å²) < 4.78 is 35.3. The zero-order valence-corrected chi connectivity index (χ0v) is 22.1. The van der Waals surface area contributed by atoms with Crippen molar-refractivity contribution in [1.29, 1.82) is 0 Å². The highest BCUT2D eigenvalue weighted by Crippen LogP contribution is 2.62. The number of fused-ring (bicyclic) bond motifs is 5. The Morgan fingerprint density at radius 3 is 2.69 bits per heavy atom. The van der Waals surface area contributed by atoms with Gasteiger partial charge >= 0.3 is 5.97 Å². The third-order valence-electron chi connectivity index (χ3n) is 8.74. The van der Waals surface area contributed by atoms with Crippen LogP contribution >= 0.6 is 11.6 Å². The molecule has 9 heteroatoms. The second kappa shape index (κ2) is 9.23. The minimum atomic E-state index is -4.06. The highest BCUT2D eigenvalue weighted by molar-refractivity contribution is 7.89. The predicted molar refractivity (Wildman–Crippen MR) is 136 cm³/mol. The Hall–Kier alpha value is -2.29. The number of hydrogen-bond acceptors (Lipinski definition) is 6. The summed E-state index contributed by atoms with van der Waals surface area (Å²) in [6, 6.07) is 7.91. The molecule has 0 bridgehead atoms. The monoisotopic (exact) mass is 533 g/mol. The minimum absolute atomic E-state index is 0.0290. The van der Waals surface area contributed by atoms with Gasteiger partial charge in [0.05, 0.1) is 17.2 Å². The highest BCUT2D eigenvalue weighted by atomic mass is 35.5. The summed E-state index contributed by atoms with van der Waals surface area (Å²) in [4.78, 5) is 12.8. The number of phenols is 1. The van der Waals surface area contributed by atoms with Crippen molar-refractivity contribution in [2.75, 3.05) is 6.61 Å². The first-order valence-electron chi connectivity index (χ1n) is 12.5. The molecule has 3 N–H and O–H groups in total. The van der Waals surface area contributed by atoms with Crippen molar-refractivity contribution < 1.29 is 27.8 Å². The van der Waals surface area contributed by atoms with E-state index in [1.807, 2.05) is 19.1 Å². The van der Waals surface area contributed by atoms with Crippen molar-refractivity contribution in [3.8, 4) is 11.5 Å². The van der Waals surface area contributed by atoms with Crippen molar-refractivity contribution in [3.05, 3.63) is 52.0 Å². The molecule has 2 fully saturated rings. The van der Waals surface area contributed by atoms with Gasteiger partial charge in [-0.2, -0.15) is 0 Å². The topological polar surface area (TPSA) is 116 Å². The van der Waals surface area contributed by atoms with Gasteiger partial charge in [-0.05, 0) is 105 Å². The Labute approximate surface area is 217 Å². The fraction of sp³-hybridized carbons (Fsp3) is 0.519. The van der Waals surface area contributed by atoms with Gasteiger partial charge in [0.15, 0.2) is 11.5 Å². The lowest BCUT2D eigenvalue weighted by Crippen LogP contribution is -2.45. The van der Waals surface area contributed by atoms with Crippen molar-refractivity contribution in [1.82, 2.24) is 0 Å². The largest absolute Gasteiger partial charge is 0.504 e. The van der Waals surface area contributed by atoms with Crippen LogP contribution in [0.5, 0.6) is 11.5 Å². The first kappa shape index (κ1) is 25.4. The number of nitrogens with two attached hydrogens (primary N) is 1. The normalized spacial score (nSPS) is 29.1. The Morgan fingerprint density at radius 1 is 1.19 bits per heavy atom. The summed E-state index contributed by atoms with van der Waals surface area (Å²) in [5.74, 6) is 1.48. The standard InChI is InChI=1S/C27H32ClNO6S/c1-3-34-23-14-19-15(12-22(23)30)4-6-18-17(19)10-11-27(2)20(18)7-9-25(27)35-26(31)16-5-8-21(28)24(13-16)36(29,32)33/h5,8,12-14,17-18,20,25,30H,3-4,6-7,9-11H2,1-2H3,(H2,29,32,33)/t17-,18+,20-,25-,27-/m0/s1. The molecule has 0 unspecified atom stereocenters. The SMILES string of the molecule is CCOc1cc2c(cc1O)CC[C@@H]1[C@@H]2CC[C@]2(C)[C@@H](OC(=O)c3ccc(Cl)c(S(N)(=O)=O)c3)CC[C@@H]12. The molecule has 36 heavy (non-hydrogen) atoms. The van der Waals surface area contributed by atoms with E-state index in [0.29, 0.717) is 30.1 Å². The zero-order valence-electron chi connectivity index (χ0n) is 20.5. The number of halogens is 1. The fourth-order valence-corrected chi connectivity index (χ4v) is 8.12. The van der Waals surface area contributed by atoms with Crippen LogP contribution in [0.2, 0.25) is 5.02 Å². The molecule has 0 aromatic heterocycles. The molecule has 7 nitrogen and oxygen atoms in total. The number of aromatic hydroxyl groups is 1. The summed E-state index contributed by atoms with van der Waals surface area (Å²) in [6.07, 6.45) is 5.36. The van der Waals surface area contributed by atoms with Crippen molar-refractivity contribution in [2.45, 2.75) is 69.3 Å². The number of rotatable bonds is 5. The molecular weight excluding hydrogens is 502 g/mol. The first-order valence-corrected chi connectivity index (χ1v) is 14.5. The highest BCUT2D eigenvalue weighted by Gasteiger charge is 2.56. The first-order chi connectivity index (χ1) is 17.0. The van der Waals surface area contributed by atoms with Gasteiger partial charge in [0.25, 0.3) is 0 Å². The van der Waals surface area contributed by atoms with Crippen LogP contribution in [0.15, 0.2) is 35.2 Å². The average Bonchev–Trinajstić information content (AvgIpc) is 3.15. The molecule has 3 aliphatic rings. The Bertz CT molecular complexity index is 1310. The number of carbonyl (C=O) groups is 1. The van der Waals surface area contributed by atoms with Crippen LogP contribution in [0.4, 0.5) is 0 Å². The van der Waals surface area contributed by atoms with Gasteiger partial charge in [-0.25, -0.2) is 18.4 Å². The molecule has 0 aliphatic heterocycles. The molecule has 0 saturated heterocycles. The molecule has 2 aromatic carbocycles. The fourth-order valence-electron chi connectivity index (χ4n) is 7.05. The third-order valence-corrected chi connectivity index (χ3v) is 10.1. The van der Waals surface area contributed by atoms with Crippen LogP contribution < -0.4 is 9.88 Å². The van der Waals surface area contributed by atoms with E-state index in [2.05, 4.69) is 6.92 Å². The van der Waals surface area contributed by atoms with Gasteiger partial charge in [0.2, 0.25) is 10.0 Å². The summed E-state index contributed by atoms with van der Waals surface area (Å²) >= 11 is 5.97. The van der Waals surface area contributed by atoms with E-state index < -0.39 is 16.0 Å². The number of benzene rings is 2. The van der Waals surface area contributed by atoms with Crippen LogP contribution in [0.3, 0.4) is 0 Å². The van der Waals surface area contributed by atoms with Crippen molar-refractivity contribution >= 4 is 27.6 Å². The maximum absolute atomic E-state index is 13.0. The summed E-state index contributed by atoms with van der Waals surface area (Å²) in [7, 11) is -4.06. The van der Waals surface area contributed by atoms with Crippen LogP contribution in [0.25, 0.3) is 0 Å². The summed E-state index contributed by atoms with van der Waals surface area (Å²) in [6.45, 7) is 4.64. The van der Waals surface area contributed by atoms with Crippen molar-refractivity contribution in [3.63, 3.8) is 0 Å². The van der Waals surface area contributed by atoms with E-state index in [4.69, 9.17) is 26.2 Å². The number of aryl methyl sites for hydroxylation is 1. The Morgan fingerprint density at radius 2 is 1.97 bits per heavy atom. The van der Waals surface area contributed by atoms with Gasteiger partial charge in [-0.15, -0.1) is 0 Å². The van der Waals surface area contributed by atoms with Gasteiger partial charge in [-0.1, -0.05) is 18.5 Å². The van der Waals surface area contributed by atoms with E-state index in [-0.39, 0.29) is 32.8 Å². The Balaban J connectivity index is 1.36.